The molecular weight excluding hydrogens is 450 g/mol. The van der Waals surface area contributed by atoms with Crippen molar-refractivity contribution in [2.24, 2.45) is 0 Å². The number of para-hydroxylation sites is 1. The number of Topliss-reactive ketones (excluding diaryl/α,β-unsaturated/α-hetero) is 1. The van der Waals surface area contributed by atoms with E-state index in [9.17, 15) is 18.4 Å². The summed E-state index contributed by atoms with van der Waals surface area (Å²) in [6.07, 6.45) is 0. The highest BCUT2D eigenvalue weighted by molar-refractivity contribution is 7.99. The largest absolute Gasteiger partial charge is 0.497 e. The van der Waals surface area contributed by atoms with E-state index in [0.717, 1.165) is 23.9 Å². The Morgan fingerprint density at radius 2 is 1.79 bits per heavy atom. The molecule has 0 fully saturated rings. The van der Waals surface area contributed by atoms with Gasteiger partial charge < -0.3 is 9.47 Å². The topological polar surface area (TPSA) is 70.4 Å². The molecule has 6 nitrogen and oxygen atoms in total. The normalized spacial score (nSPS) is 10.9. The average molecular weight is 468 g/mol. The first-order valence-electron chi connectivity index (χ1n) is 9.78. The minimum absolute atomic E-state index is 0.0232. The molecule has 0 spiro atoms. The monoisotopic (exact) mass is 468 g/mol. The van der Waals surface area contributed by atoms with E-state index >= 15 is 0 Å². The van der Waals surface area contributed by atoms with Gasteiger partial charge in [0.05, 0.1) is 36.6 Å². The molecule has 0 unspecified atom stereocenters. The van der Waals surface area contributed by atoms with Gasteiger partial charge in [-0.2, -0.15) is 0 Å². The van der Waals surface area contributed by atoms with Gasteiger partial charge in [-0.05, 0) is 42.5 Å². The first-order chi connectivity index (χ1) is 15.9. The Kier molecular flexibility index (Phi) is 6.41. The number of ether oxygens (including phenoxy) is 2. The van der Waals surface area contributed by atoms with E-state index in [1.54, 1.807) is 42.5 Å². The van der Waals surface area contributed by atoms with Crippen LogP contribution in [-0.4, -0.2) is 35.3 Å². The summed E-state index contributed by atoms with van der Waals surface area (Å²) < 4.78 is 38.9. The molecule has 0 saturated heterocycles. The van der Waals surface area contributed by atoms with Crippen LogP contribution >= 0.6 is 11.8 Å². The molecule has 168 valence electrons. The number of aromatic nitrogens is 2. The summed E-state index contributed by atoms with van der Waals surface area (Å²) in [4.78, 5) is 30.7. The molecule has 9 heteroatoms. The summed E-state index contributed by atoms with van der Waals surface area (Å²) in [5.74, 6) is -1.82. The molecule has 0 bridgehead atoms. The molecule has 0 N–H and O–H groups in total. The van der Waals surface area contributed by atoms with Gasteiger partial charge in [0.2, 0.25) is 0 Å². The van der Waals surface area contributed by atoms with Crippen molar-refractivity contribution in [3.63, 3.8) is 0 Å². The van der Waals surface area contributed by atoms with Crippen molar-refractivity contribution in [3.05, 3.63) is 88.2 Å². The summed E-state index contributed by atoms with van der Waals surface area (Å²) in [6.45, 7) is 0. The lowest BCUT2D eigenvalue weighted by Gasteiger charge is -2.16. The zero-order valence-electron chi connectivity index (χ0n) is 17.7. The minimum atomic E-state index is -1.10. The number of methoxy groups -OCH3 is 2. The third-order valence-electron chi connectivity index (χ3n) is 4.95. The van der Waals surface area contributed by atoms with Gasteiger partial charge in [0.25, 0.3) is 5.56 Å². The van der Waals surface area contributed by atoms with Crippen molar-refractivity contribution in [3.8, 4) is 17.2 Å². The number of fused-ring (bicyclic) bond motifs is 1. The van der Waals surface area contributed by atoms with Gasteiger partial charge in [0, 0.05) is 11.6 Å². The molecule has 0 aliphatic carbocycles. The van der Waals surface area contributed by atoms with Crippen molar-refractivity contribution in [1.29, 1.82) is 0 Å². The fourth-order valence-corrected chi connectivity index (χ4v) is 4.18. The Morgan fingerprint density at radius 3 is 2.52 bits per heavy atom. The number of carbonyl (C=O) groups is 1. The molecule has 0 aliphatic rings. The predicted octanol–water partition coefficient (Wildman–Crippen LogP) is 4.66. The van der Waals surface area contributed by atoms with Crippen LogP contribution in [0.5, 0.6) is 11.5 Å². The number of rotatable bonds is 7. The summed E-state index contributed by atoms with van der Waals surface area (Å²) in [5, 5.41) is 0.625. The van der Waals surface area contributed by atoms with Gasteiger partial charge in [-0.1, -0.05) is 23.9 Å². The fourth-order valence-electron chi connectivity index (χ4n) is 3.28. The van der Waals surface area contributed by atoms with Crippen LogP contribution in [0.4, 0.5) is 8.78 Å². The van der Waals surface area contributed by atoms with E-state index in [-0.39, 0.29) is 22.0 Å². The number of hydrogen-bond acceptors (Lipinski definition) is 6. The SMILES string of the molecule is COc1ccc(OC)c(-n2c(SCC(=O)c3ccc(F)c(F)c3)nc3ccccc3c2=O)c1. The second-order valence-corrected chi connectivity index (χ2v) is 7.87. The number of nitrogens with zero attached hydrogens (tertiary/aromatic N) is 2. The highest BCUT2D eigenvalue weighted by Crippen LogP contribution is 2.30. The Balaban J connectivity index is 1.82. The third kappa shape index (κ3) is 4.45. The first kappa shape index (κ1) is 22.5. The quantitative estimate of drug-likeness (QED) is 0.223. The van der Waals surface area contributed by atoms with Gasteiger partial charge in [0.15, 0.2) is 22.6 Å². The smallest absolute Gasteiger partial charge is 0.266 e. The molecule has 1 heterocycles. The van der Waals surface area contributed by atoms with Crippen LogP contribution in [0.2, 0.25) is 0 Å². The number of hydrogen-bond donors (Lipinski definition) is 0. The molecule has 0 aliphatic heterocycles. The van der Waals surface area contributed by atoms with E-state index in [1.807, 2.05) is 0 Å². The van der Waals surface area contributed by atoms with Gasteiger partial charge in [-0.25, -0.2) is 13.8 Å². The Labute approximate surface area is 191 Å². The number of benzene rings is 3. The lowest BCUT2D eigenvalue weighted by molar-refractivity contribution is 0.102. The fraction of sp³-hybridized carbons (Fsp3) is 0.125. The number of thioether (sulfide) groups is 1. The van der Waals surface area contributed by atoms with Crippen molar-refractivity contribution >= 4 is 28.4 Å². The molecule has 4 rings (SSSR count). The van der Waals surface area contributed by atoms with E-state index in [4.69, 9.17) is 9.47 Å². The third-order valence-corrected chi connectivity index (χ3v) is 5.88. The Morgan fingerprint density at radius 1 is 1.00 bits per heavy atom. The van der Waals surface area contributed by atoms with Gasteiger partial charge in [-0.3, -0.25) is 14.2 Å². The predicted molar refractivity (Wildman–Crippen MR) is 122 cm³/mol. The van der Waals surface area contributed by atoms with E-state index in [1.165, 1.54) is 24.9 Å². The summed E-state index contributed by atoms with van der Waals surface area (Å²) in [5.41, 5.74) is 0.524. The van der Waals surface area contributed by atoms with E-state index in [2.05, 4.69) is 4.98 Å². The number of halogens is 2. The highest BCUT2D eigenvalue weighted by atomic mass is 32.2. The van der Waals surface area contributed by atoms with Crippen molar-refractivity contribution in [2.75, 3.05) is 20.0 Å². The van der Waals surface area contributed by atoms with Crippen LogP contribution in [0.25, 0.3) is 16.6 Å². The number of carbonyl (C=O) groups excluding carboxylic acids is 1. The van der Waals surface area contributed by atoms with Crippen molar-refractivity contribution < 1.29 is 23.0 Å². The van der Waals surface area contributed by atoms with E-state index in [0.29, 0.717) is 28.1 Å². The molecule has 0 saturated carbocycles. The molecule has 0 atom stereocenters. The van der Waals surface area contributed by atoms with Crippen LogP contribution in [-0.2, 0) is 0 Å². The van der Waals surface area contributed by atoms with Gasteiger partial charge in [-0.15, -0.1) is 0 Å². The molecule has 1 aromatic heterocycles. The van der Waals surface area contributed by atoms with E-state index < -0.39 is 17.4 Å². The Hall–Kier alpha value is -3.72. The Bertz CT molecular complexity index is 1420. The summed E-state index contributed by atoms with van der Waals surface area (Å²) in [7, 11) is 2.98. The van der Waals surface area contributed by atoms with Crippen LogP contribution in [0.3, 0.4) is 0 Å². The molecule has 4 aromatic rings. The number of ketones is 1. The molecule has 0 radical (unpaired) electrons. The zero-order chi connectivity index (χ0) is 23.5. The standard InChI is InChI=1S/C24H18F2N2O4S/c1-31-15-8-10-22(32-2)20(12-15)28-23(30)16-5-3-4-6-19(16)27-24(28)33-13-21(29)14-7-9-17(25)18(26)11-14/h3-12H,13H2,1-2H3. The lowest BCUT2D eigenvalue weighted by Crippen LogP contribution is -2.23. The maximum Gasteiger partial charge on any atom is 0.266 e. The summed E-state index contributed by atoms with van der Waals surface area (Å²) >= 11 is 1.01. The minimum Gasteiger partial charge on any atom is -0.497 e. The van der Waals surface area contributed by atoms with Crippen molar-refractivity contribution in [1.82, 2.24) is 9.55 Å². The second kappa shape index (κ2) is 9.41. The average Bonchev–Trinajstić information content (AvgIpc) is 2.84. The van der Waals surface area contributed by atoms with Crippen LogP contribution in [0, 0.1) is 11.6 Å². The maximum atomic E-state index is 13.6. The molecule has 0 amide bonds. The zero-order valence-corrected chi connectivity index (χ0v) is 18.5. The van der Waals surface area contributed by atoms with Crippen LogP contribution in [0.1, 0.15) is 10.4 Å². The highest BCUT2D eigenvalue weighted by Gasteiger charge is 2.19. The van der Waals surface area contributed by atoms with Crippen molar-refractivity contribution in [2.45, 2.75) is 5.16 Å². The van der Waals surface area contributed by atoms with Gasteiger partial charge >= 0.3 is 0 Å². The van der Waals surface area contributed by atoms with Crippen LogP contribution < -0.4 is 15.0 Å². The summed E-state index contributed by atoms with van der Waals surface area (Å²) in [6, 6.07) is 14.8. The molecule has 3 aromatic carbocycles. The second-order valence-electron chi connectivity index (χ2n) is 6.93. The van der Waals surface area contributed by atoms with Gasteiger partial charge in [0.1, 0.15) is 11.5 Å². The molecule has 33 heavy (non-hydrogen) atoms. The lowest BCUT2D eigenvalue weighted by atomic mass is 10.1. The first-order valence-corrected chi connectivity index (χ1v) is 10.8. The molecular formula is C24H18F2N2O4S. The van der Waals surface area contributed by atoms with Crippen LogP contribution in [0.15, 0.2) is 70.6 Å². The maximum absolute atomic E-state index is 13.6.